The summed E-state index contributed by atoms with van der Waals surface area (Å²) in [5.74, 6) is 1.39. The predicted molar refractivity (Wildman–Crippen MR) is 82.4 cm³/mol. The topological polar surface area (TPSA) is 73.0 Å². The maximum atomic E-state index is 10.3. The Morgan fingerprint density at radius 1 is 1.09 bits per heavy atom. The third-order valence-corrected chi connectivity index (χ3v) is 3.87. The van der Waals surface area contributed by atoms with Crippen LogP contribution in [0, 0.1) is 0 Å². The Kier molecular flexibility index (Phi) is 4.72. The summed E-state index contributed by atoms with van der Waals surface area (Å²) in [6.45, 7) is 3.46. The van der Waals surface area contributed by atoms with E-state index >= 15 is 0 Å². The summed E-state index contributed by atoms with van der Waals surface area (Å²) in [7, 11) is 0. The molecule has 2 aromatic rings. The highest BCUT2D eigenvalue weighted by atomic mass is 16.4. The lowest BCUT2D eigenvalue weighted by Crippen LogP contribution is -2.33. The standard InChI is InChI=1S/C16H21N3O3/c20-12-16-2-1-15(22-16)11-18-7-8-19(10-14(21)9-18)13-3-5-17-6-4-13/h1-6,14,20-21H,7-12H2/t14-/m1/s1. The van der Waals surface area contributed by atoms with Crippen molar-refractivity contribution < 1.29 is 14.6 Å². The molecule has 0 aliphatic carbocycles. The second-order valence-corrected chi connectivity index (χ2v) is 5.57. The van der Waals surface area contributed by atoms with Crippen LogP contribution in [-0.4, -0.2) is 52.4 Å². The van der Waals surface area contributed by atoms with Crippen LogP contribution >= 0.6 is 0 Å². The highest BCUT2D eigenvalue weighted by Gasteiger charge is 2.22. The lowest BCUT2D eigenvalue weighted by molar-refractivity contribution is 0.124. The highest BCUT2D eigenvalue weighted by Crippen LogP contribution is 2.17. The van der Waals surface area contributed by atoms with E-state index in [1.807, 2.05) is 18.2 Å². The molecular formula is C16H21N3O3. The fourth-order valence-electron chi connectivity index (χ4n) is 2.80. The van der Waals surface area contributed by atoms with E-state index in [2.05, 4.69) is 14.8 Å². The predicted octanol–water partition coefficient (Wildman–Crippen LogP) is 0.850. The largest absolute Gasteiger partial charge is 0.462 e. The lowest BCUT2D eigenvalue weighted by Gasteiger charge is -2.23. The van der Waals surface area contributed by atoms with Crippen LogP contribution in [0.1, 0.15) is 11.5 Å². The summed E-state index contributed by atoms with van der Waals surface area (Å²) in [4.78, 5) is 8.38. The van der Waals surface area contributed by atoms with Gasteiger partial charge >= 0.3 is 0 Å². The van der Waals surface area contributed by atoms with Gasteiger partial charge in [0.15, 0.2) is 0 Å². The van der Waals surface area contributed by atoms with Crippen LogP contribution in [0.25, 0.3) is 0 Å². The molecule has 2 N–H and O–H groups in total. The first kappa shape index (κ1) is 15.0. The number of aromatic nitrogens is 1. The highest BCUT2D eigenvalue weighted by molar-refractivity contribution is 5.44. The molecule has 0 aromatic carbocycles. The Bertz CT molecular complexity index is 587. The smallest absolute Gasteiger partial charge is 0.129 e. The molecule has 1 saturated heterocycles. The van der Waals surface area contributed by atoms with Gasteiger partial charge in [-0.3, -0.25) is 9.88 Å². The van der Waals surface area contributed by atoms with Crippen molar-refractivity contribution in [2.45, 2.75) is 19.3 Å². The minimum atomic E-state index is -0.414. The second kappa shape index (κ2) is 6.91. The van der Waals surface area contributed by atoms with E-state index in [9.17, 15) is 5.11 Å². The summed E-state index contributed by atoms with van der Waals surface area (Å²) in [5.41, 5.74) is 1.08. The number of furan rings is 1. The van der Waals surface area contributed by atoms with Crippen molar-refractivity contribution in [3.05, 3.63) is 48.2 Å². The van der Waals surface area contributed by atoms with Gasteiger partial charge in [0.25, 0.3) is 0 Å². The Labute approximate surface area is 129 Å². The van der Waals surface area contributed by atoms with Gasteiger partial charge in [0.2, 0.25) is 0 Å². The van der Waals surface area contributed by atoms with Gasteiger partial charge in [-0.1, -0.05) is 0 Å². The number of anilines is 1. The summed E-state index contributed by atoms with van der Waals surface area (Å²) in [6.07, 6.45) is 3.12. The van der Waals surface area contributed by atoms with E-state index in [4.69, 9.17) is 9.52 Å². The average molecular weight is 303 g/mol. The Morgan fingerprint density at radius 2 is 1.86 bits per heavy atom. The second-order valence-electron chi connectivity index (χ2n) is 5.57. The third kappa shape index (κ3) is 3.65. The number of aliphatic hydroxyl groups excluding tert-OH is 2. The number of pyridine rings is 1. The van der Waals surface area contributed by atoms with E-state index in [1.165, 1.54) is 0 Å². The first-order valence-electron chi connectivity index (χ1n) is 7.48. The first-order chi connectivity index (χ1) is 10.7. The van der Waals surface area contributed by atoms with E-state index in [-0.39, 0.29) is 6.61 Å². The van der Waals surface area contributed by atoms with Gasteiger partial charge in [0.1, 0.15) is 18.1 Å². The van der Waals surface area contributed by atoms with Crippen molar-refractivity contribution in [2.75, 3.05) is 31.1 Å². The Morgan fingerprint density at radius 3 is 2.59 bits per heavy atom. The molecule has 1 fully saturated rings. The van der Waals surface area contributed by atoms with Gasteiger partial charge in [-0.25, -0.2) is 0 Å². The molecule has 0 amide bonds. The molecule has 0 saturated carbocycles. The summed E-state index contributed by atoms with van der Waals surface area (Å²) in [6, 6.07) is 7.58. The van der Waals surface area contributed by atoms with Crippen molar-refractivity contribution in [3.63, 3.8) is 0 Å². The van der Waals surface area contributed by atoms with Crippen LogP contribution < -0.4 is 4.90 Å². The maximum Gasteiger partial charge on any atom is 0.129 e. The molecule has 3 heterocycles. The minimum absolute atomic E-state index is 0.0849. The van der Waals surface area contributed by atoms with Crippen LogP contribution in [-0.2, 0) is 13.2 Å². The number of nitrogens with zero attached hydrogens (tertiary/aromatic N) is 3. The van der Waals surface area contributed by atoms with Gasteiger partial charge in [-0.2, -0.15) is 0 Å². The fraction of sp³-hybridized carbons (Fsp3) is 0.438. The number of β-amino-alcohol motifs (C(OH)–C–C–N with tert-alkyl or cyclic N) is 1. The monoisotopic (exact) mass is 303 g/mol. The number of rotatable bonds is 4. The van der Waals surface area contributed by atoms with Crippen LogP contribution in [0.4, 0.5) is 5.69 Å². The number of hydrogen-bond acceptors (Lipinski definition) is 6. The summed E-state index contributed by atoms with van der Waals surface area (Å²) >= 11 is 0. The fourth-order valence-corrected chi connectivity index (χ4v) is 2.80. The van der Waals surface area contributed by atoms with Crippen LogP contribution in [0.3, 0.4) is 0 Å². The van der Waals surface area contributed by atoms with E-state index in [0.717, 1.165) is 24.5 Å². The number of hydrogen-bond donors (Lipinski definition) is 2. The van der Waals surface area contributed by atoms with Crippen molar-refractivity contribution in [1.82, 2.24) is 9.88 Å². The SMILES string of the molecule is OCc1ccc(CN2CCN(c3ccncc3)C[C@H](O)C2)o1. The Hall–Kier alpha value is -1.89. The zero-order chi connectivity index (χ0) is 15.4. The maximum absolute atomic E-state index is 10.3. The van der Waals surface area contributed by atoms with Crippen molar-refractivity contribution in [2.24, 2.45) is 0 Å². The van der Waals surface area contributed by atoms with Gasteiger partial charge < -0.3 is 19.5 Å². The van der Waals surface area contributed by atoms with Crippen molar-refractivity contribution in [3.8, 4) is 0 Å². The molecule has 6 nitrogen and oxygen atoms in total. The molecule has 0 spiro atoms. The van der Waals surface area contributed by atoms with Crippen molar-refractivity contribution in [1.29, 1.82) is 0 Å². The minimum Gasteiger partial charge on any atom is -0.462 e. The lowest BCUT2D eigenvalue weighted by atomic mass is 10.3. The normalized spacial score (nSPS) is 20.1. The molecule has 1 aliphatic rings. The summed E-state index contributed by atoms with van der Waals surface area (Å²) < 4.78 is 5.53. The van der Waals surface area contributed by atoms with Gasteiger partial charge in [0, 0.05) is 44.3 Å². The first-order valence-corrected chi connectivity index (χ1v) is 7.48. The van der Waals surface area contributed by atoms with E-state index in [1.54, 1.807) is 18.5 Å². The molecule has 3 rings (SSSR count). The Balaban J connectivity index is 1.64. The zero-order valence-electron chi connectivity index (χ0n) is 12.4. The van der Waals surface area contributed by atoms with Gasteiger partial charge in [0.05, 0.1) is 12.6 Å². The van der Waals surface area contributed by atoms with Crippen LogP contribution in [0.5, 0.6) is 0 Å². The molecule has 0 unspecified atom stereocenters. The zero-order valence-corrected chi connectivity index (χ0v) is 12.4. The summed E-state index contributed by atoms with van der Waals surface area (Å²) in [5, 5.41) is 19.3. The van der Waals surface area contributed by atoms with Crippen LogP contribution in [0.15, 0.2) is 41.1 Å². The molecule has 2 aromatic heterocycles. The molecule has 1 aliphatic heterocycles. The van der Waals surface area contributed by atoms with E-state index in [0.29, 0.717) is 25.4 Å². The number of aliphatic hydroxyl groups is 2. The molecule has 0 radical (unpaired) electrons. The van der Waals surface area contributed by atoms with Gasteiger partial charge in [-0.05, 0) is 24.3 Å². The van der Waals surface area contributed by atoms with E-state index < -0.39 is 6.10 Å². The van der Waals surface area contributed by atoms with Crippen molar-refractivity contribution >= 4 is 5.69 Å². The van der Waals surface area contributed by atoms with Crippen LogP contribution in [0.2, 0.25) is 0 Å². The quantitative estimate of drug-likeness (QED) is 0.872. The molecule has 1 atom stereocenters. The molecule has 22 heavy (non-hydrogen) atoms. The third-order valence-electron chi connectivity index (χ3n) is 3.87. The molecule has 6 heteroatoms. The molecular weight excluding hydrogens is 282 g/mol. The molecule has 0 bridgehead atoms. The molecule has 118 valence electrons. The average Bonchev–Trinajstić information content (AvgIpc) is 2.91. The van der Waals surface area contributed by atoms with Gasteiger partial charge in [-0.15, -0.1) is 0 Å².